The van der Waals surface area contributed by atoms with Crippen molar-refractivity contribution in [3.05, 3.63) is 28.2 Å². The van der Waals surface area contributed by atoms with Gasteiger partial charge in [0.1, 0.15) is 6.10 Å². The van der Waals surface area contributed by atoms with Crippen LogP contribution < -0.4 is 16.6 Å². The Morgan fingerprint density at radius 1 is 1.56 bits per heavy atom. The maximum absolute atomic E-state index is 11.0. The van der Waals surface area contributed by atoms with Crippen LogP contribution in [0.4, 0.5) is 5.69 Å². The Morgan fingerprint density at radius 3 is 2.81 bits per heavy atom. The molecule has 0 aliphatic heterocycles. The first-order valence-corrected chi connectivity index (χ1v) is 5.05. The molecule has 6 heteroatoms. The van der Waals surface area contributed by atoms with Crippen LogP contribution in [0.5, 0.6) is 0 Å². The number of aliphatic hydroxyl groups is 2. The molecule has 0 amide bonds. The van der Waals surface area contributed by atoms with E-state index < -0.39 is 17.8 Å². The van der Waals surface area contributed by atoms with Crippen molar-refractivity contribution in [2.24, 2.45) is 0 Å². The van der Waals surface area contributed by atoms with Gasteiger partial charge in [0.15, 0.2) is 0 Å². The summed E-state index contributed by atoms with van der Waals surface area (Å²) in [6, 6.07) is 1.37. The number of nitrogen functional groups attached to an aromatic ring is 1. The average molecular weight is 227 g/mol. The van der Waals surface area contributed by atoms with Crippen LogP contribution in [0.25, 0.3) is 0 Å². The van der Waals surface area contributed by atoms with Gasteiger partial charge in [0, 0.05) is 11.8 Å². The normalized spacial score (nSPS) is 14.7. The Kier molecular flexibility index (Phi) is 4.48. The predicted molar refractivity (Wildman–Crippen MR) is 61.0 cm³/mol. The molecule has 0 spiro atoms. The summed E-state index contributed by atoms with van der Waals surface area (Å²) in [6.07, 6.45) is -0.173. The summed E-state index contributed by atoms with van der Waals surface area (Å²) in [4.78, 5) is 13.4. The van der Waals surface area contributed by atoms with Gasteiger partial charge in [-0.2, -0.15) is 0 Å². The fourth-order valence-electron chi connectivity index (χ4n) is 1.36. The van der Waals surface area contributed by atoms with Crippen molar-refractivity contribution < 1.29 is 10.2 Å². The van der Waals surface area contributed by atoms with Gasteiger partial charge in [0.05, 0.1) is 11.8 Å². The molecule has 0 radical (unpaired) electrons. The lowest BCUT2D eigenvalue weighted by Crippen LogP contribution is -2.24. The molecule has 1 rings (SSSR count). The Labute approximate surface area is 93.1 Å². The van der Waals surface area contributed by atoms with Gasteiger partial charge in [-0.3, -0.25) is 4.79 Å². The molecule has 2 atom stereocenters. The Balaban J connectivity index is 2.75. The SMILES string of the molecule is CNCCC(O)C(O)c1c[nH]c(=O)c(N)c1. The van der Waals surface area contributed by atoms with Crippen molar-refractivity contribution in [3.63, 3.8) is 0 Å². The number of hydrogen-bond donors (Lipinski definition) is 5. The third-order valence-corrected chi connectivity index (χ3v) is 2.35. The Morgan fingerprint density at radius 2 is 2.25 bits per heavy atom. The highest BCUT2D eigenvalue weighted by atomic mass is 16.3. The molecule has 1 heterocycles. The monoisotopic (exact) mass is 227 g/mol. The summed E-state index contributed by atoms with van der Waals surface area (Å²) in [6.45, 7) is 0.594. The zero-order chi connectivity index (χ0) is 12.1. The van der Waals surface area contributed by atoms with Crippen LogP contribution in [0, 0.1) is 0 Å². The molecule has 2 unspecified atom stereocenters. The lowest BCUT2D eigenvalue weighted by Gasteiger charge is -2.17. The lowest BCUT2D eigenvalue weighted by atomic mass is 10.0. The van der Waals surface area contributed by atoms with Crippen LogP contribution in [-0.4, -0.2) is 34.9 Å². The van der Waals surface area contributed by atoms with Crippen LogP contribution in [0.15, 0.2) is 17.1 Å². The van der Waals surface area contributed by atoms with Gasteiger partial charge in [-0.05, 0) is 26.1 Å². The predicted octanol–water partition coefficient (Wildman–Crippen LogP) is -1.04. The largest absolute Gasteiger partial charge is 0.394 e. The number of H-pyrrole nitrogens is 1. The van der Waals surface area contributed by atoms with Crippen molar-refractivity contribution in [3.8, 4) is 0 Å². The van der Waals surface area contributed by atoms with E-state index in [4.69, 9.17) is 5.73 Å². The van der Waals surface area contributed by atoms with Gasteiger partial charge in [0.25, 0.3) is 5.56 Å². The highest BCUT2D eigenvalue weighted by Crippen LogP contribution is 2.18. The van der Waals surface area contributed by atoms with Crippen LogP contribution >= 0.6 is 0 Å². The molecule has 90 valence electrons. The maximum atomic E-state index is 11.0. The first-order valence-electron chi connectivity index (χ1n) is 5.05. The number of nitrogens with two attached hydrogens (primary N) is 1. The van der Waals surface area contributed by atoms with E-state index in [2.05, 4.69) is 10.3 Å². The highest BCUT2D eigenvalue weighted by Gasteiger charge is 2.18. The minimum atomic E-state index is -1.05. The fraction of sp³-hybridized carbons (Fsp3) is 0.500. The molecular weight excluding hydrogens is 210 g/mol. The van der Waals surface area contributed by atoms with E-state index in [0.29, 0.717) is 18.5 Å². The Bertz CT molecular complexity index is 391. The van der Waals surface area contributed by atoms with Gasteiger partial charge in [-0.25, -0.2) is 0 Å². The van der Waals surface area contributed by atoms with Gasteiger partial charge in [-0.1, -0.05) is 0 Å². The second-order valence-electron chi connectivity index (χ2n) is 3.62. The van der Waals surface area contributed by atoms with E-state index in [-0.39, 0.29) is 5.69 Å². The number of nitrogens with one attached hydrogen (secondary N) is 2. The number of aromatic amines is 1. The topological polar surface area (TPSA) is 111 Å². The van der Waals surface area contributed by atoms with Crippen molar-refractivity contribution in [2.45, 2.75) is 18.6 Å². The number of aliphatic hydroxyl groups excluding tert-OH is 2. The van der Waals surface area contributed by atoms with Gasteiger partial charge >= 0.3 is 0 Å². The highest BCUT2D eigenvalue weighted by molar-refractivity contribution is 5.38. The van der Waals surface area contributed by atoms with E-state index in [9.17, 15) is 15.0 Å². The number of aromatic nitrogens is 1. The fourth-order valence-corrected chi connectivity index (χ4v) is 1.36. The molecule has 1 aromatic rings. The smallest absolute Gasteiger partial charge is 0.271 e. The van der Waals surface area contributed by atoms with Crippen LogP contribution in [0.1, 0.15) is 18.1 Å². The van der Waals surface area contributed by atoms with E-state index in [1.165, 1.54) is 12.3 Å². The van der Waals surface area contributed by atoms with E-state index in [1.807, 2.05) is 0 Å². The number of anilines is 1. The zero-order valence-electron chi connectivity index (χ0n) is 9.10. The molecule has 6 nitrogen and oxygen atoms in total. The summed E-state index contributed by atoms with van der Waals surface area (Å²) in [5.41, 5.74) is 5.44. The third kappa shape index (κ3) is 3.06. The van der Waals surface area contributed by atoms with Gasteiger partial charge < -0.3 is 26.2 Å². The van der Waals surface area contributed by atoms with Gasteiger partial charge in [-0.15, -0.1) is 0 Å². The molecule has 0 aromatic carbocycles. The minimum absolute atomic E-state index is 0.0253. The average Bonchev–Trinajstić information content (AvgIpc) is 2.28. The van der Waals surface area contributed by atoms with Gasteiger partial charge in [0.2, 0.25) is 0 Å². The Hall–Kier alpha value is -1.37. The molecule has 6 N–H and O–H groups in total. The van der Waals surface area contributed by atoms with E-state index in [1.54, 1.807) is 7.05 Å². The standard InChI is InChI=1S/C10H17N3O3/c1-12-3-2-8(14)9(15)6-4-7(11)10(16)13-5-6/h4-5,8-9,12,14-15H,2-3,11H2,1H3,(H,13,16). The summed E-state index contributed by atoms with van der Waals surface area (Å²) in [5, 5.41) is 22.3. The molecule has 1 aromatic heterocycles. The summed E-state index contributed by atoms with van der Waals surface area (Å²) >= 11 is 0. The second-order valence-corrected chi connectivity index (χ2v) is 3.62. The third-order valence-electron chi connectivity index (χ3n) is 2.35. The number of hydrogen-bond acceptors (Lipinski definition) is 5. The van der Waals surface area contributed by atoms with Crippen LogP contribution in [0.3, 0.4) is 0 Å². The van der Waals surface area contributed by atoms with E-state index >= 15 is 0 Å². The molecular formula is C10H17N3O3. The summed E-state index contributed by atoms with van der Waals surface area (Å²) < 4.78 is 0. The second kappa shape index (κ2) is 5.64. The van der Waals surface area contributed by atoms with Crippen molar-refractivity contribution in [1.29, 1.82) is 0 Å². The first kappa shape index (κ1) is 12.7. The molecule has 0 saturated heterocycles. The number of pyridine rings is 1. The van der Waals surface area contributed by atoms with Crippen LogP contribution in [0.2, 0.25) is 0 Å². The van der Waals surface area contributed by atoms with Crippen molar-refractivity contribution in [2.75, 3.05) is 19.3 Å². The quantitative estimate of drug-likeness (QED) is 0.441. The van der Waals surface area contributed by atoms with Crippen molar-refractivity contribution >= 4 is 5.69 Å². The molecule has 0 aliphatic rings. The molecule has 0 aliphatic carbocycles. The maximum Gasteiger partial charge on any atom is 0.271 e. The lowest BCUT2D eigenvalue weighted by molar-refractivity contribution is 0.0138. The molecule has 16 heavy (non-hydrogen) atoms. The van der Waals surface area contributed by atoms with Crippen LogP contribution in [-0.2, 0) is 0 Å². The molecule has 0 saturated carbocycles. The first-order chi connectivity index (χ1) is 7.56. The zero-order valence-corrected chi connectivity index (χ0v) is 9.10. The van der Waals surface area contributed by atoms with Crippen molar-refractivity contribution in [1.82, 2.24) is 10.3 Å². The summed E-state index contributed by atoms with van der Waals surface area (Å²) in [5.74, 6) is 0. The summed E-state index contributed by atoms with van der Waals surface area (Å²) in [7, 11) is 1.76. The number of rotatable bonds is 5. The molecule has 0 fully saturated rings. The minimum Gasteiger partial charge on any atom is -0.394 e. The van der Waals surface area contributed by atoms with E-state index in [0.717, 1.165) is 0 Å². The molecule has 0 bridgehead atoms.